The Kier molecular flexibility index (Phi) is 7.53. The zero-order valence-electron chi connectivity index (χ0n) is 22.6. The van der Waals surface area contributed by atoms with Gasteiger partial charge < -0.3 is 14.8 Å². The number of ether oxygens (including phenoxy) is 1. The molecule has 0 amide bonds. The van der Waals surface area contributed by atoms with E-state index in [1.807, 2.05) is 61.7 Å². The molecule has 1 saturated carbocycles. The number of benzene rings is 2. The van der Waals surface area contributed by atoms with Crippen molar-refractivity contribution in [3.05, 3.63) is 88.9 Å². The molecule has 2 aromatic heterocycles. The first-order chi connectivity index (χ1) is 18.2. The number of aromatic amines is 1. The normalized spacial score (nSPS) is 14.5. The summed E-state index contributed by atoms with van der Waals surface area (Å²) in [5.41, 5.74) is 5.96. The van der Waals surface area contributed by atoms with E-state index in [0.717, 1.165) is 50.5 Å². The minimum absolute atomic E-state index is 0.0980. The summed E-state index contributed by atoms with van der Waals surface area (Å²) < 4.78 is 6.30. The largest absolute Gasteiger partial charge is 0.487 e. The Morgan fingerprint density at radius 2 is 1.89 bits per heavy atom. The van der Waals surface area contributed by atoms with Crippen molar-refractivity contribution in [3.63, 3.8) is 0 Å². The maximum Gasteiger partial charge on any atom is 0.312 e. The molecule has 2 N–H and O–H groups in total. The number of fused-ring (bicyclic) bond motifs is 1. The van der Waals surface area contributed by atoms with E-state index in [2.05, 4.69) is 36.8 Å². The Hall–Kier alpha value is -3.25. The molecule has 1 atom stereocenters. The molecule has 1 aliphatic rings. The highest BCUT2D eigenvalue weighted by Gasteiger charge is 2.32. The minimum Gasteiger partial charge on any atom is -0.487 e. The van der Waals surface area contributed by atoms with Crippen LogP contribution in [-0.4, -0.2) is 25.8 Å². The average molecular weight is 529 g/mol. The molecule has 1 unspecified atom stereocenters. The molecule has 0 bridgehead atoms. The van der Waals surface area contributed by atoms with Crippen LogP contribution in [0.3, 0.4) is 0 Å². The highest BCUT2D eigenvalue weighted by molar-refractivity contribution is 8.00. The molecule has 198 valence electrons. The smallest absolute Gasteiger partial charge is 0.312 e. The van der Waals surface area contributed by atoms with Gasteiger partial charge in [-0.2, -0.15) is 0 Å². The van der Waals surface area contributed by atoms with Crippen LogP contribution < -0.4 is 4.74 Å². The summed E-state index contributed by atoms with van der Waals surface area (Å²) in [5.74, 6) is 0.0141. The number of hydrogen-bond acceptors (Lipinski definition) is 4. The zero-order valence-corrected chi connectivity index (χ0v) is 23.4. The monoisotopic (exact) mass is 528 g/mol. The first-order valence-corrected chi connectivity index (χ1v) is 14.2. The van der Waals surface area contributed by atoms with Crippen LogP contribution in [0.25, 0.3) is 10.9 Å². The van der Waals surface area contributed by atoms with E-state index in [-0.39, 0.29) is 4.75 Å². The first-order valence-electron chi connectivity index (χ1n) is 13.4. The van der Waals surface area contributed by atoms with Crippen molar-refractivity contribution in [1.82, 2.24) is 9.97 Å². The van der Waals surface area contributed by atoms with Gasteiger partial charge in [0, 0.05) is 38.0 Å². The predicted octanol–water partition coefficient (Wildman–Crippen LogP) is 7.70. The highest BCUT2D eigenvalue weighted by atomic mass is 32.2. The first kappa shape index (κ1) is 26.4. The predicted molar refractivity (Wildman–Crippen MR) is 154 cm³/mol. The second kappa shape index (κ2) is 10.9. The summed E-state index contributed by atoms with van der Waals surface area (Å²) >= 11 is 1.74. The third-order valence-electron chi connectivity index (χ3n) is 6.89. The average Bonchev–Trinajstić information content (AvgIpc) is 3.63. The third-order valence-corrected chi connectivity index (χ3v) is 8.13. The fourth-order valence-electron chi connectivity index (χ4n) is 4.83. The van der Waals surface area contributed by atoms with Crippen LogP contribution in [0, 0.1) is 12.8 Å². The molecule has 4 aromatic rings. The van der Waals surface area contributed by atoms with Gasteiger partial charge in [0.2, 0.25) is 0 Å². The maximum atomic E-state index is 12.7. The van der Waals surface area contributed by atoms with E-state index >= 15 is 0 Å². The van der Waals surface area contributed by atoms with Gasteiger partial charge in [-0.1, -0.05) is 57.2 Å². The molecule has 0 radical (unpaired) electrons. The van der Waals surface area contributed by atoms with Crippen LogP contribution in [0.5, 0.6) is 5.75 Å². The van der Waals surface area contributed by atoms with E-state index in [9.17, 15) is 9.90 Å². The molecular weight excluding hydrogens is 492 g/mol. The number of hydrogen-bond donors (Lipinski definition) is 2. The fourth-order valence-corrected chi connectivity index (χ4v) is 6.08. The number of pyridine rings is 1. The SMILES string of the molecule is Cc1ccc(COc2ccc3[nH]c(C(Cc4ccccc4)C(=O)O)c(SC(C)(C)C)c3c2CC2CC2)nc1. The Labute approximate surface area is 229 Å². The number of aliphatic carboxylic acids is 1. The van der Waals surface area contributed by atoms with Gasteiger partial charge in [-0.25, -0.2) is 0 Å². The van der Waals surface area contributed by atoms with Crippen molar-refractivity contribution < 1.29 is 14.6 Å². The molecule has 0 saturated heterocycles. The molecule has 5 rings (SSSR count). The quantitative estimate of drug-likeness (QED) is 0.206. The van der Waals surface area contributed by atoms with Crippen LogP contribution in [0.1, 0.15) is 67.6 Å². The molecule has 2 heterocycles. The molecule has 1 fully saturated rings. The van der Waals surface area contributed by atoms with Gasteiger partial charge in [-0.15, -0.1) is 11.8 Å². The van der Waals surface area contributed by atoms with Gasteiger partial charge in [0.1, 0.15) is 18.3 Å². The Bertz CT molecular complexity index is 1420. The lowest BCUT2D eigenvalue weighted by atomic mass is 9.95. The standard InChI is InChI=1S/C32H36N2O3S/c1-20-10-13-23(33-18-20)19-37-27-15-14-26-28(24(27)16-22-11-12-22)30(38-32(2,3)4)29(34-26)25(31(35)36)17-21-8-6-5-7-9-21/h5-10,13-15,18,22,25,34H,11-12,16-17,19H2,1-4H3,(H,35,36). The summed E-state index contributed by atoms with van der Waals surface area (Å²) in [6.07, 6.45) is 5.67. The van der Waals surface area contributed by atoms with Crippen molar-refractivity contribution in [2.24, 2.45) is 5.92 Å². The number of aryl methyl sites for hydroxylation is 1. The molecule has 6 heteroatoms. The molecule has 0 spiro atoms. The summed E-state index contributed by atoms with van der Waals surface area (Å²) in [5, 5.41) is 11.5. The number of nitrogens with zero attached hydrogens (tertiary/aromatic N) is 1. The van der Waals surface area contributed by atoms with Gasteiger partial charge in [0.25, 0.3) is 0 Å². The number of aromatic nitrogens is 2. The second-order valence-corrected chi connectivity index (χ2v) is 13.2. The maximum absolute atomic E-state index is 12.7. The lowest BCUT2D eigenvalue weighted by Crippen LogP contribution is -2.17. The van der Waals surface area contributed by atoms with Crippen molar-refractivity contribution in [2.75, 3.05) is 0 Å². The van der Waals surface area contributed by atoms with Gasteiger partial charge in [0.05, 0.1) is 5.69 Å². The van der Waals surface area contributed by atoms with Crippen molar-refractivity contribution in [1.29, 1.82) is 0 Å². The number of carboxylic acids is 1. The van der Waals surface area contributed by atoms with Gasteiger partial charge in [-0.3, -0.25) is 9.78 Å². The number of rotatable bonds is 10. The van der Waals surface area contributed by atoms with Crippen molar-refractivity contribution in [3.8, 4) is 5.75 Å². The molecule has 1 aliphatic carbocycles. The number of nitrogens with one attached hydrogen (secondary N) is 1. The van der Waals surface area contributed by atoms with Crippen LogP contribution in [-0.2, 0) is 24.2 Å². The van der Waals surface area contributed by atoms with Crippen molar-refractivity contribution >= 4 is 28.6 Å². The van der Waals surface area contributed by atoms with Gasteiger partial charge in [-0.05, 0) is 67.9 Å². The van der Waals surface area contributed by atoms with Crippen LogP contribution >= 0.6 is 11.8 Å². The fraction of sp³-hybridized carbons (Fsp3) is 0.375. The summed E-state index contributed by atoms with van der Waals surface area (Å²) in [4.78, 5) is 21.8. The van der Waals surface area contributed by atoms with E-state index in [1.165, 1.54) is 18.4 Å². The molecule has 5 nitrogen and oxygen atoms in total. The number of thioether (sulfide) groups is 1. The van der Waals surface area contributed by atoms with E-state index in [1.54, 1.807) is 11.8 Å². The lowest BCUT2D eigenvalue weighted by Gasteiger charge is -2.21. The van der Waals surface area contributed by atoms with E-state index in [4.69, 9.17) is 4.74 Å². The van der Waals surface area contributed by atoms with E-state index < -0.39 is 11.9 Å². The molecule has 2 aromatic carbocycles. The minimum atomic E-state index is -0.818. The van der Waals surface area contributed by atoms with Crippen molar-refractivity contribution in [2.45, 2.75) is 75.5 Å². The number of carbonyl (C=O) groups is 1. The summed E-state index contributed by atoms with van der Waals surface area (Å²) in [6.45, 7) is 8.96. The topological polar surface area (TPSA) is 75.2 Å². The summed E-state index contributed by atoms with van der Waals surface area (Å²) in [7, 11) is 0. The zero-order chi connectivity index (χ0) is 26.9. The second-order valence-electron chi connectivity index (χ2n) is 11.4. The van der Waals surface area contributed by atoms with Crippen LogP contribution in [0.15, 0.2) is 65.7 Å². The Morgan fingerprint density at radius 1 is 1.13 bits per heavy atom. The highest BCUT2D eigenvalue weighted by Crippen LogP contribution is 2.47. The van der Waals surface area contributed by atoms with Gasteiger partial charge >= 0.3 is 5.97 Å². The lowest BCUT2D eigenvalue weighted by molar-refractivity contribution is -0.138. The Balaban J connectivity index is 1.61. The summed E-state index contributed by atoms with van der Waals surface area (Å²) in [6, 6.07) is 18.0. The van der Waals surface area contributed by atoms with Crippen LogP contribution in [0.2, 0.25) is 0 Å². The number of carboxylic acid groups (broad SMARTS) is 1. The Morgan fingerprint density at radius 3 is 2.53 bits per heavy atom. The van der Waals surface area contributed by atoms with Gasteiger partial charge in [0.15, 0.2) is 0 Å². The molecule has 0 aliphatic heterocycles. The molecule has 38 heavy (non-hydrogen) atoms. The van der Waals surface area contributed by atoms with Crippen LogP contribution in [0.4, 0.5) is 0 Å². The molecular formula is C32H36N2O3S. The van der Waals surface area contributed by atoms with E-state index in [0.29, 0.717) is 18.9 Å². The number of H-pyrrole nitrogens is 1. The third kappa shape index (κ3) is 6.24.